The van der Waals surface area contributed by atoms with Crippen LogP contribution in [-0.4, -0.2) is 52.8 Å². The first kappa shape index (κ1) is 16.1. The van der Waals surface area contributed by atoms with E-state index in [-0.39, 0.29) is 17.7 Å². The van der Waals surface area contributed by atoms with Gasteiger partial charge in [0.05, 0.1) is 5.92 Å². The highest BCUT2D eigenvalue weighted by Gasteiger charge is 2.32. The molecule has 1 aromatic rings. The number of nitrogens with zero attached hydrogens (tertiary/aromatic N) is 2. The lowest BCUT2D eigenvalue weighted by Crippen LogP contribution is -2.48. The average Bonchev–Trinajstić information content (AvgIpc) is 2.93. The smallest absolute Gasteiger partial charge is 0.270 e. The highest BCUT2D eigenvalue weighted by atomic mass is 16.2. The van der Waals surface area contributed by atoms with E-state index in [4.69, 9.17) is 0 Å². The minimum atomic E-state index is -0.0258. The van der Waals surface area contributed by atoms with E-state index in [0.29, 0.717) is 12.2 Å². The van der Waals surface area contributed by atoms with Gasteiger partial charge in [0.15, 0.2) is 0 Å². The Morgan fingerprint density at radius 2 is 1.74 bits per heavy atom. The molecule has 3 heterocycles. The molecule has 0 spiro atoms. The molecule has 126 valence electrons. The number of aromatic nitrogens is 1. The average molecular weight is 317 g/mol. The predicted molar refractivity (Wildman–Crippen MR) is 89.3 cm³/mol. The van der Waals surface area contributed by atoms with Gasteiger partial charge in [0.25, 0.3) is 5.91 Å². The largest absolute Gasteiger partial charge is 0.354 e. The van der Waals surface area contributed by atoms with Crippen LogP contribution in [0.3, 0.4) is 0 Å². The van der Waals surface area contributed by atoms with Crippen molar-refractivity contribution in [2.75, 3.05) is 26.2 Å². The molecule has 2 saturated heterocycles. The summed E-state index contributed by atoms with van der Waals surface area (Å²) in [7, 11) is 0. The molecule has 23 heavy (non-hydrogen) atoms. The molecule has 0 saturated carbocycles. The van der Waals surface area contributed by atoms with Crippen LogP contribution in [0.25, 0.3) is 0 Å². The number of hydrogen-bond acceptors (Lipinski definition) is 2. The summed E-state index contributed by atoms with van der Waals surface area (Å²) in [6.45, 7) is 7.00. The summed E-state index contributed by atoms with van der Waals surface area (Å²) in [5.74, 6) is 0.260. The molecule has 0 unspecified atom stereocenters. The Bertz CT molecular complexity index is 587. The SMILES string of the molecule is Cc1cc(C)c(C(=O)N2CCC[C@@H](C(=O)N3CCCCC3)C2)[nH]1. The van der Waals surface area contributed by atoms with Crippen molar-refractivity contribution in [1.82, 2.24) is 14.8 Å². The maximum absolute atomic E-state index is 12.7. The Morgan fingerprint density at radius 1 is 1.04 bits per heavy atom. The van der Waals surface area contributed by atoms with Gasteiger partial charge in [-0.2, -0.15) is 0 Å². The van der Waals surface area contributed by atoms with E-state index in [0.717, 1.165) is 56.6 Å². The van der Waals surface area contributed by atoms with Crippen LogP contribution < -0.4 is 0 Å². The number of aromatic amines is 1. The summed E-state index contributed by atoms with van der Waals surface area (Å²) < 4.78 is 0. The van der Waals surface area contributed by atoms with E-state index in [1.54, 1.807) is 0 Å². The minimum absolute atomic E-state index is 0.0258. The molecule has 2 amide bonds. The first-order chi connectivity index (χ1) is 11.1. The van der Waals surface area contributed by atoms with Crippen LogP contribution in [0.1, 0.15) is 53.8 Å². The summed E-state index contributed by atoms with van der Waals surface area (Å²) in [6.07, 6.45) is 5.27. The zero-order valence-electron chi connectivity index (χ0n) is 14.2. The van der Waals surface area contributed by atoms with Gasteiger partial charge < -0.3 is 14.8 Å². The molecular formula is C18H27N3O2. The van der Waals surface area contributed by atoms with Gasteiger partial charge in [-0.1, -0.05) is 0 Å². The molecule has 1 N–H and O–H groups in total. The van der Waals surface area contributed by atoms with Crippen LogP contribution in [0.5, 0.6) is 0 Å². The zero-order chi connectivity index (χ0) is 16.4. The minimum Gasteiger partial charge on any atom is -0.354 e. The van der Waals surface area contributed by atoms with Gasteiger partial charge in [-0.3, -0.25) is 9.59 Å². The molecule has 3 rings (SSSR count). The van der Waals surface area contributed by atoms with Gasteiger partial charge in [0.2, 0.25) is 5.91 Å². The maximum Gasteiger partial charge on any atom is 0.270 e. The van der Waals surface area contributed by atoms with E-state index in [1.807, 2.05) is 29.7 Å². The van der Waals surface area contributed by atoms with Crippen molar-refractivity contribution in [3.05, 3.63) is 23.0 Å². The molecule has 5 heteroatoms. The predicted octanol–water partition coefficient (Wildman–Crippen LogP) is 2.50. The summed E-state index contributed by atoms with van der Waals surface area (Å²) in [4.78, 5) is 32.5. The van der Waals surface area contributed by atoms with Crippen LogP contribution in [0, 0.1) is 19.8 Å². The van der Waals surface area contributed by atoms with Crippen molar-refractivity contribution in [3.63, 3.8) is 0 Å². The molecular weight excluding hydrogens is 290 g/mol. The van der Waals surface area contributed by atoms with E-state index >= 15 is 0 Å². The van der Waals surface area contributed by atoms with Crippen molar-refractivity contribution in [2.45, 2.75) is 46.0 Å². The first-order valence-corrected chi connectivity index (χ1v) is 8.80. The molecule has 1 atom stereocenters. The van der Waals surface area contributed by atoms with E-state index in [2.05, 4.69) is 4.98 Å². The normalized spacial score (nSPS) is 22.3. The molecule has 0 aliphatic carbocycles. The second kappa shape index (κ2) is 6.77. The van der Waals surface area contributed by atoms with Gasteiger partial charge >= 0.3 is 0 Å². The third kappa shape index (κ3) is 3.43. The monoisotopic (exact) mass is 317 g/mol. The van der Waals surface area contributed by atoms with Crippen LogP contribution >= 0.6 is 0 Å². The van der Waals surface area contributed by atoms with Crippen LogP contribution in [0.4, 0.5) is 0 Å². The van der Waals surface area contributed by atoms with Crippen LogP contribution in [0.15, 0.2) is 6.07 Å². The molecule has 0 aromatic carbocycles. The Hall–Kier alpha value is -1.78. The number of piperidine rings is 2. The van der Waals surface area contributed by atoms with Crippen molar-refractivity contribution in [2.24, 2.45) is 5.92 Å². The first-order valence-electron chi connectivity index (χ1n) is 8.80. The van der Waals surface area contributed by atoms with Crippen molar-refractivity contribution >= 4 is 11.8 Å². The number of aryl methyl sites for hydroxylation is 2. The Kier molecular flexibility index (Phi) is 4.74. The second-order valence-corrected chi connectivity index (χ2v) is 6.99. The standard InChI is InChI=1S/C18H27N3O2/c1-13-11-14(2)19-16(13)18(23)21-10-6-7-15(12-21)17(22)20-8-4-3-5-9-20/h11,15,19H,3-10,12H2,1-2H3/t15-/m1/s1. The summed E-state index contributed by atoms with van der Waals surface area (Å²) in [5, 5.41) is 0. The van der Waals surface area contributed by atoms with Crippen molar-refractivity contribution in [3.8, 4) is 0 Å². The fourth-order valence-electron chi connectivity index (χ4n) is 3.84. The fourth-order valence-corrected chi connectivity index (χ4v) is 3.84. The van der Waals surface area contributed by atoms with Crippen molar-refractivity contribution in [1.29, 1.82) is 0 Å². The van der Waals surface area contributed by atoms with Gasteiger partial charge in [-0.15, -0.1) is 0 Å². The second-order valence-electron chi connectivity index (χ2n) is 6.99. The fraction of sp³-hybridized carbons (Fsp3) is 0.667. The van der Waals surface area contributed by atoms with Gasteiger partial charge in [-0.25, -0.2) is 0 Å². The third-order valence-electron chi connectivity index (χ3n) is 5.09. The Morgan fingerprint density at radius 3 is 2.39 bits per heavy atom. The Balaban J connectivity index is 1.66. The van der Waals surface area contributed by atoms with E-state index < -0.39 is 0 Å². The molecule has 0 bridgehead atoms. The number of nitrogens with one attached hydrogen (secondary N) is 1. The molecule has 5 nitrogen and oxygen atoms in total. The third-order valence-corrected chi connectivity index (χ3v) is 5.09. The molecule has 2 fully saturated rings. The zero-order valence-corrected chi connectivity index (χ0v) is 14.2. The molecule has 1 aromatic heterocycles. The number of rotatable bonds is 2. The number of H-pyrrole nitrogens is 1. The van der Waals surface area contributed by atoms with Gasteiger partial charge in [0, 0.05) is 31.9 Å². The summed E-state index contributed by atoms with van der Waals surface area (Å²) in [5.41, 5.74) is 2.66. The Labute approximate surface area is 138 Å². The lowest BCUT2D eigenvalue weighted by atomic mass is 9.95. The van der Waals surface area contributed by atoms with E-state index in [1.165, 1.54) is 6.42 Å². The van der Waals surface area contributed by atoms with Gasteiger partial charge in [0.1, 0.15) is 5.69 Å². The summed E-state index contributed by atoms with van der Waals surface area (Å²) in [6, 6.07) is 1.99. The van der Waals surface area contributed by atoms with Crippen LogP contribution in [0.2, 0.25) is 0 Å². The number of carbonyl (C=O) groups is 2. The van der Waals surface area contributed by atoms with Gasteiger partial charge in [-0.05, 0) is 57.6 Å². The summed E-state index contributed by atoms with van der Waals surface area (Å²) >= 11 is 0. The highest BCUT2D eigenvalue weighted by Crippen LogP contribution is 2.23. The number of hydrogen-bond donors (Lipinski definition) is 1. The van der Waals surface area contributed by atoms with Crippen molar-refractivity contribution < 1.29 is 9.59 Å². The number of amides is 2. The molecule has 2 aliphatic rings. The van der Waals surface area contributed by atoms with E-state index in [9.17, 15) is 9.59 Å². The highest BCUT2D eigenvalue weighted by molar-refractivity contribution is 5.94. The number of likely N-dealkylation sites (tertiary alicyclic amines) is 2. The lowest BCUT2D eigenvalue weighted by Gasteiger charge is -2.36. The molecule has 2 aliphatic heterocycles. The lowest BCUT2D eigenvalue weighted by molar-refractivity contribution is -0.137. The topological polar surface area (TPSA) is 56.4 Å². The number of carbonyl (C=O) groups excluding carboxylic acids is 2. The van der Waals surface area contributed by atoms with Crippen LogP contribution in [-0.2, 0) is 4.79 Å². The maximum atomic E-state index is 12.7. The quantitative estimate of drug-likeness (QED) is 0.911. The molecule has 0 radical (unpaired) electrons.